The number of fused-ring (bicyclic) bond motifs is 9. The van der Waals surface area contributed by atoms with Crippen LogP contribution in [0.5, 0.6) is 0 Å². The van der Waals surface area contributed by atoms with E-state index in [0.717, 1.165) is 0 Å². The Morgan fingerprint density at radius 2 is 1.24 bits per heavy atom. The summed E-state index contributed by atoms with van der Waals surface area (Å²) >= 11 is 1.91. The van der Waals surface area contributed by atoms with E-state index in [-0.39, 0.29) is 0 Å². The van der Waals surface area contributed by atoms with Crippen LogP contribution in [0.2, 0.25) is 0 Å². The summed E-state index contributed by atoms with van der Waals surface area (Å²) in [5.41, 5.74) is 7.39. The van der Waals surface area contributed by atoms with E-state index in [1.807, 2.05) is 11.3 Å². The molecule has 5 aromatic carbocycles. The standard InChI is InChI=1S/C30H18N2S/c1-2-9-19(10-3-1)31-23-13-5-6-14-24(23)32-25-18-17-21-20-11-4-7-16-27(20)33-30(21)28(25)22-12-8-15-26(31)29(22)32/h1-18H. The first-order valence-corrected chi connectivity index (χ1v) is 12.0. The van der Waals surface area contributed by atoms with E-state index < -0.39 is 0 Å². The van der Waals surface area contributed by atoms with Gasteiger partial charge in [-0.3, -0.25) is 0 Å². The molecule has 33 heavy (non-hydrogen) atoms. The van der Waals surface area contributed by atoms with Gasteiger partial charge in [-0.15, -0.1) is 11.3 Å². The third kappa shape index (κ3) is 2.17. The van der Waals surface area contributed by atoms with Crippen LogP contribution in [0.1, 0.15) is 0 Å². The second kappa shape index (κ2) is 6.25. The summed E-state index contributed by atoms with van der Waals surface area (Å²) in [6, 6.07) is 39.6. The number of anilines is 3. The zero-order valence-corrected chi connectivity index (χ0v) is 18.5. The molecule has 3 heteroatoms. The smallest absolute Gasteiger partial charge is 0.0783 e. The Morgan fingerprint density at radius 3 is 2.15 bits per heavy atom. The molecule has 2 aromatic heterocycles. The zero-order valence-electron chi connectivity index (χ0n) is 17.7. The van der Waals surface area contributed by atoms with Crippen molar-refractivity contribution >= 4 is 70.4 Å². The second-order valence-electron chi connectivity index (χ2n) is 8.60. The van der Waals surface area contributed by atoms with Crippen LogP contribution in [0.25, 0.3) is 47.7 Å². The summed E-state index contributed by atoms with van der Waals surface area (Å²) in [6.07, 6.45) is 0. The van der Waals surface area contributed by atoms with Crippen molar-refractivity contribution in [2.75, 3.05) is 4.90 Å². The van der Waals surface area contributed by atoms with Crippen LogP contribution in [0.4, 0.5) is 17.1 Å². The maximum absolute atomic E-state index is 2.47. The van der Waals surface area contributed by atoms with E-state index in [4.69, 9.17) is 0 Å². The van der Waals surface area contributed by atoms with Crippen LogP contribution >= 0.6 is 11.3 Å². The number of para-hydroxylation sites is 4. The molecule has 0 N–H and O–H groups in total. The lowest BCUT2D eigenvalue weighted by Gasteiger charge is -2.33. The number of hydrogen-bond donors (Lipinski definition) is 0. The molecule has 0 bridgehead atoms. The van der Waals surface area contributed by atoms with Gasteiger partial charge in [-0.05, 0) is 42.5 Å². The molecule has 7 aromatic rings. The van der Waals surface area contributed by atoms with Crippen LogP contribution in [0.15, 0.2) is 109 Å². The molecule has 154 valence electrons. The van der Waals surface area contributed by atoms with Gasteiger partial charge in [0.2, 0.25) is 0 Å². The summed E-state index contributed by atoms with van der Waals surface area (Å²) < 4.78 is 5.19. The molecule has 2 nitrogen and oxygen atoms in total. The fourth-order valence-corrected chi connectivity index (χ4v) is 6.83. The minimum Gasteiger partial charge on any atom is -0.306 e. The summed E-state index contributed by atoms with van der Waals surface area (Å²) in [4.78, 5) is 2.40. The number of thiophene rings is 1. The molecule has 0 atom stereocenters. The SMILES string of the molecule is c1ccc(N2c3ccccc3-n3c4ccc5c6ccccc6sc5c4c4cccc2c43)cc1. The maximum atomic E-state index is 2.47. The van der Waals surface area contributed by atoms with Crippen LogP contribution in [0.3, 0.4) is 0 Å². The van der Waals surface area contributed by atoms with Gasteiger partial charge >= 0.3 is 0 Å². The van der Waals surface area contributed by atoms with E-state index in [9.17, 15) is 0 Å². The number of nitrogens with zero attached hydrogens (tertiary/aromatic N) is 2. The summed E-state index contributed by atoms with van der Waals surface area (Å²) in [7, 11) is 0. The topological polar surface area (TPSA) is 8.17 Å². The predicted octanol–water partition coefficient (Wildman–Crippen LogP) is 8.93. The number of benzene rings is 5. The molecule has 1 aliphatic heterocycles. The van der Waals surface area contributed by atoms with Crippen LogP contribution < -0.4 is 4.90 Å². The molecular weight excluding hydrogens is 420 g/mol. The van der Waals surface area contributed by atoms with Gasteiger partial charge in [0.05, 0.1) is 28.1 Å². The van der Waals surface area contributed by atoms with Crippen LogP contribution in [-0.2, 0) is 0 Å². The Kier molecular flexibility index (Phi) is 3.31. The summed E-state index contributed by atoms with van der Waals surface area (Å²) in [5.74, 6) is 0. The monoisotopic (exact) mass is 438 g/mol. The highest BCUT2D eigenvalue weighted by atomic mass is 32.1. The van der Waals surface area contributed by atoms with Crippen molar-refractivity contribution in [3.05, 3.63) is 109 Å². The summed E-state index contributed by atoms with van der Waals surface area (Å²) in [5, 5.41) is 5.36. The van der Waals surface area contributed by atoms with Crippen molar-refractivity contribution in [2.24, 2.45) is 0 Å². The number of hydrogen-bond acceptors (Lipinski definition) is 2. The molecule has 1 aliphatic rings. The van der Waals surface area contributed by atoms with E-state index in [0.29, 0.717) is 0 Å². The first kappa shape index (κ1) is 17.5. The number of rotatable bonds is 1. The van der Waals surface area contributed by atoms with Crippen molar-refractivity contribution < 1.29 is 0 Å². The molecular formula is C30H18N2S. The quantitative estimate of drug-likeness (QED) is 0.248. The Balaban J connectivity index is 1.61. The van der Waals surface area contributed by atoms with Crippen molar-refractivity contribution in [3.8, 4) is 5.69 Å². The van der Waals surface area contributed by atoms with Gasteiger partial charge in [0, 0.05) is 36.6 Å². The van der Waals surface area contributed by atoms with Gasteiger partial charge in [0.15, 0.2) is 0 Å². The first-order chi connectivity index (χ1) is 16.4. The third-order valence-electron chi connectivity index (χ3n) is 6.89. The number of aromatic nitrogens is 1. The van der Waals surface area contributed by atoms with Crippen LogP contribution in [0, 0.1) is 0 Å². The van der Waals surface area contributed by atoms with Gasteiger partial charge in [-0.25, -0.2) is 0 Å². The molecule has 8 rings (SSSR count). The minimum atomic E-state index is 1.18. The average Bonchev–Trinajstić information content (AvgIpc) is 3.42. The van der Waals surface area contributed by atoms with Gasteiger partial charge in [0.25, 0.3) is 0 Å². The summed E-state index contributed by atoms with van der Waals surface area (Å²) in [6.45, 7) is 0. The Labute approximate surface area is 194 Å². The molecule has 0 radical (unpaired) electrons. The van der Waals surface area contributed by atoms with Gasteiger partial charge in [0.1, 0.15) is 0 Å². The molecule has 0 aliphatic carbocycles. The lowest BCUT2D eigenvalue weighted by Crippen LogP contribution is -2.17. The fraction of sp³-hybridized carbons (Fsp3) is 0. The molecule has 0 spiro atoms. The molecule has 0 fully saturated rings. The highest BCUT2D eigenvalue weighted by Crippen LogP contribution is 2.51. The lowest BCUT2D eigenvalue weighted by atomic mass is 10.1. The van der Waals surface area contributed by atoms with Crippen molar-refractivity contribution in [1.29, 1.82) is 0 Å². The van der Waals surface area contributed by atoms with Gasteiger partial charge in [-0.2, -0.15) is 0 Å². The largest absolute Gasteiger partial charge is 0.306 e. The predicted molar refractivity (Wildman–Crippen MR) is 142 cm³/mol. The normalized spacial score (nSPS) is 12.8. The van der Waals surface area contributed by atoms with Crippen molar-refractivity contribution in [3.63, 3.8) is 0 Å². The maximum Gasteiger partial charge on any atom is 0.0783 e. The molecule has 0 saturated heterocycles. The third-order valence-corrected chi connectivity index (χ3v) is 8.10. The lowest BCUT2D eigenvalue weighted by molar-refractivity contribution is 1.11. The molecule has 0 saturated carbocycles. The Morgan fingerprint density at radius 1 is 0.515 bits per heavy atom. The van der Waals surface area contributed by atoms with Crippen molar-refractivity contribution in [2.45, 2.75) is 0 Å². The zero-order chi connectivity index (χ0) is 21.5. The first-order valence-electron chi connectivity index (χ1n) is 11.2. The second-order valence-corrected chi connectivity index (χ2v) is 9.66. The Bertz CT molecular complexity index is 1870. The van der Waals surface area contributed by atoms with Gasteiger partial charge in [-0.1, -0.05) is 66.7 Å². The minimum absolute atomic E-state index is 1.18. The van der Waals surface area contributed by atoms with E-state index in [1.54, 1.807) is 0 Å². The van der Waals surface area contributed by atoms with Crippen molar-refractivity contribution in [1.82, 2.24) is 4.57 Å². The average molecular weight is 439 g/mol. The van der Waals surface area contributed by atoms with E-state index in [2.05, 4.69) is 119 Å². The Hall–Kier alpha value is -4.08. The van der Waals surface area contributed by atoms with E-state index >= 15 is 0 Å². The molecule has 0 unspecified atom stereocenters. The van der Waals surface area contributed by atoms with Gasteiger partial charge < -0.3 is 9.47 Å². The van der Waals surface area contributed by atoms with E-state index in [1.165, 1.54) is 64.7 Å². The molecule has 0 amide bonds. The van der Waals surface area contributed by atoms with Crippen LogP contribution in [-0.4, -0.2) is 4.57 Å². The highest BCUT2D eigenvalue weighted by Gasteiger charge is 2.28. The fourth-order valence-electron chi connectivity index (χ4n) is 5.57. The molecule has 3 heterocycles. The highest BCUT2D eigenvalue weighted by molar-refractivity contribution is 7.26.